The number of hydrogen-bond donors (Lipinski definition) is 2. The molecule has 88 valence electrons. The Morgan fingerprint density at radius 1 is 1.44 bits per heavy atom. The van der Waals surface area contributed by atoms with E-state index in [1.807, 2.05) is 17.8 Å². The Bertz CT molecular complexity index is 328. The Kier molecular flexibility index (Phi) is 3.77. The van der Waals surface area contributed by atoms with Gasteiger partial charge in [0.1, 0.15) is 0 Å². The first kappa shape index (κ1) is 11.8. The molecule has 0 radical (unpaired) electrons. The van der Waals surface area contributed by atoms with Crippen LogP contribution in [0.2, 0.25) is 0 Å². The zero-order valence-corrected chi connectivity index (χ0v) is 10.6. The van der Waals surface area contributed by atoms with Crippen molar-refractivity contribution < 1.29 is 0 Å². The Labute approximate surface area is 102 Å². The largest absolute Gasteiger partial charge is 0.377 e. The molecule has 2 atom stereocenters. The topological polar surface area (TPSA) is 38.0 Å². The van der Waals surface area contributed by atoms with Gasteiger partial charge in [-0.05, 0) is 30.7 Å². The third kappa shape index (κ3) is 2.36. The van der Waals surface area contributed by atoms with Crippen molar-refractivity contribution in [1.82, 2.24) is 0 Å². The van der Waals surface area contributed by atoms with Crippen LogP contribution in [-0.4, -0.2) is 23.1 Å². The van der Waals surface area contributed by atoms with Gasteiger partial charge >= 0.3 is 0 Å². The molecule has 1 heterocycles. The lowest BCUT2D eigenvalue weighted by atomic mass is 9.89. The van der Waals surface area contributed by atoms with E-state index in [0.29, 0.717) is 11.8 Å². The zero-order chi connectivity index (χ0) is 11.4. The first-order valence-electron chi connectivity index (χ1n) is 5.92. The van der Waals surface area contributed by atoms with Crippen LogP contribution in [0.4, 0.5) is 5.69 Å². The summed E-state index contributed by atoms with van der Waals surface area (Å²) >= 11 is 2.03. The number of nitrogens with two attached hydrogens (primary N) is 1. The number of anilines is 1. The van der Waals surface area contributed by atoms with Crippen molar-refractivity contribution in [1.29, 1.82) is 0 Å². The van der Waals surface area contributed by atoms with Crippen LogP contribution >= 0.6 is 11.8 Å². The highest BCUT2D eigenvalue weighted by molar-refractivity contribution is 8.00. The second kappa shape index (κ2) is 5.11. The van der Waals surface area contributed by atoms with Crippen molar-refractivity contribution in [3.05, 3.63) is 30.3 Å². The predicted octanol–water partition coefficient (Wildman–Crippen LogP) is 2.71. The van der Waals surface area contributed by atoms with E-state index in [2.05, 4.69) is 36.5 Å². The van der Waals surface area contributed by atoms with E-state index in [0.717, 1.165) is 0 Å². The molecule has 1 saturated heterocycles. The fourth-order valence-corrected chi connectivity index (χ4v) is 3.56. The van der Waals surface area contributed by atoms with Crippen LogP contribution in [0.5, 0.6) is 0 Å². The van der Waals surface area contributed by atoms with E-state index in [1.165, 1.54) is 24.3 Å². The SMILES string of the molecule is CC1SCCCC1(CN)Nc1ccccc1. The van der Waals surface area contributed by atoms with Gasteiger partial charge in [-0.3, -0.25) is 0 Å². The lowest BCUT2D eigenvalue weighted by molar-refractivity contribution is 0.422. The van der Waals surface area contributed by atoms with E-state index < -0.39 is 0 Å². The molecule has 1 aliphatic rings. The fourth-order valence-electron chi connectivity index (χ4n) is 2.30. The summed E-state index contributed by atoms with van der Waals surface area (Å²) < 4.78 is 0. The molecule has 2 nitrogen and oxygen atoms in total. The molecule has 0 aliphatic carbocycles. The highest BCUT2D eigenvalue weighted by Gasteiger charge is 2.37. The van der Waals surface area contributed by atoms with Crippen LogP contribution in [0.1, 0.15) is 19.8 Å². The monoisotopic (exact) mass is 236 g/mol. The normalized spacial score (nSPS) is 30.0. The summed E-state index contributed by atoms with van der Waals surface area (Å²) in [5.74, 6) is 1.26. The maximum absolute atomic E-state index is 6.00. The number of thioether (sulfide) groups is 1. The quantitative estimate of drug-likeness (QED) is 0.847. The number of hydrogen-bond acceptors (Lipinski definition) is 3. The molecule has 1 fully saturated rings. The van der Waals surface area contributed by atoms with Crippen molar-refractivity contribution in [2.75, 3.05) is 17.6 Å². The molecular formula is C13H20N2S. The summed E-state index contributed by atoms with van der Waals surface area (Å²) in [7, 11) is 0. The minimum atomic E-state index is 0.0737. The van der Waals surface area contributed by atoms with E-state index in [-0.39, 0.29) is 5.54 Å². The summed E-state index contributed by atoms with van der Waals surface area (Å²) in [5.41, 5.74) is 7.26. The van der Waals surface area contributed by atoms with Crippen molar-refractivity contribution >= 4 is 17.4 Å². The van der Waals surface area contributed by atoms with E-state index in [4.69, 9.17) is 5.73 Å². The summed E-state index contributed by atoms with van der Waals surface area (Å²) in [4.78, 5) is 0. The van der Waals surface area contributed by atoms with Gasteiger partial charge in [-0.1, -0.05) is 25.1 Å². The lowest BCUT2D eigenvalue weighted by Gasteiger charge is -2.43. The molecule has 0 amide bonds. The number of benzene rings is 1. The molecule has 3 heteroatoms. The molecule has 2 rings (SSSR count). The van der Waals surface area contributed by atoms with Gasteiger partial charge in [0.05, 0.1) is 5.54 Å². The summed E-state index contributed by atoms with van der Waals surface area (Å²) in [6.07, 6.45) is 2.43. The highest BCUT2D eigenvalue weighted by atomic mass is 32.2. The summed E-state index contributed by atoms with van der Waals surface area (Å²) in [6, 6.07) is 10.4. The van der Waals surface area contributed by atoms with Crippen molar-refractivity contribution in [2.24, 2.45) is 5.73 Å². The maximum Gasteiger partial charge on any atom is 0.0611 e. The van der Waals surface area contributed by atoms with Gasteiger partial charge in [0.2, 0.25) is 0 Å². The average molecular weight is 236 g/mol. The van der Waals surface area contributed by atoms with E-state index in [9.17, 15) is 0 Å². The molecule has 0 bridgehead atoms. The predicted molar refractivity (Wildman–Crippen MR) is 73.0 cm³/mol. The number of para-hydroxylation sites is 1. The van der Waals surface area contributed by atoms with Gasteiger partial charge in [0.15, 0.2) is 0 Å². The molecule has 2 unspecified atom stereocenters. The van der Waals surface area contributed by atoms with Gasteiger partial charge in [-0.15, -0.1) is 0 Å². The first-order valence-corrected chi connectivity index (χ1v) is 6.97. The van der Waals surface area contributed by atoms with Crippen molar-refractivity contribution in [3.63, 3.8) is 0 Å². The Morgan fingerprint density at radius 3 is 2.81 bits per heavy atom. The Morgan fingerprint density at radius 2 is 2.19 bits per heavy atom. The molecular weight excluding hydrogens is 216 g/mol. The minimum absolute atomic E-state index is 0.0737. The van der Waals surface area contributed by atoms with Crippen molar-refractivity contribution in [3.8, 4) is 0 Å². The van der Waals surface area contributed by atoms with Crippen LogP contribution in [0.3, 0.4) is 0 Å². The van der Waals surface area contributed by atoms with Gasteiger partial charge in [0, 0.05) is 17.5 Å². The van der Waals surface area contributed by atoms with E-state index >= 15 is 0 Å². The third-order valence-corrected chi connectivity index (χ3v) is 4.92. The van der Waals surface area contributed by atoms with Crippen LogP contribution < -0.4 is 11.1 Å². The first-order chi connectivity index (χ1) is 7.77. The van der Waals surface area contributed by atoms with Crippen LogP contribution in [0, 0.1) is 0 Å². The van der Waals surface area contributed by atoms with Crippen LogP contribution in [0.15, 0.2) is 30.3 Å². The minimum Gasteiger partial charge on any atom is -0.377 e. The Hall–Kier alpha value is -0.670. The molecule has 1 aliphatic heterocycles. The lowest BCUT2D eigenvalue weighted by Crippen LogP contribution is -2.54. The zero-order valence-electron chi connectivity index (χ0n) is 9.78. The molecule has 0 spiro atoms. The molecule has 1 aromatic carbocycles. The molecule has 1 aromatic rings. The molecule has 16 heavy (non-hydrogen) atoms. The maximum atomic E-state index is 6.00. The third-order valence-electron chi connectivity index (χ3n) is 3.44. The van der Waals surface area contributed by atoms with Crippen LogP contribution in [0.25, 0.3) is 0 Å². The van der Waals surface area contributed by atoms with E-state index in [1.54, 1.807) is 0 Å². The van der Waals surface area contributed by atoms with Gasteiger partial charge in [-0.25, -0.2) is 0 Å². The van der Waals surface area contributed by atoms with Crippen molar-refractivity contribution in [2.45, 2.75) is 30.6 Å². The van der Waals surface area contributed by atoms with Crippen LogP contribution in [-0.2, 0) is 0 Å². The summed E-state index contributed by atoms with van der Waals surface area (Å²) in [6.45, 7) is 2.99. The van der Waals surface area contributed by atoms with Gasteiger partial charge in [-0.2, -0.15) is 11.8 Å². The number of rotatable bonds is 3. The molecule has 0 aromatic heterocycles. The number of nitrogens with one attached hydrogen (secondary N) is 1. The smallest absolute Gasteiger partial charge is 0.0611 e. The van der Waals surface area contributed by atoms with Gasteiger partial charge in [0.25, 0.3) is 0 Å². The summed E-state index contributed by atoms with van der Waals surface area (Å²) in [5, 5.41) is 4.22. The second-order valence-electron chi connectivity index (χ2n) is 4.47. The average Bonchev–Trinajstić information content (AvgIpc) is 2.34. The molecule has 0 saturated carbocycles. The fraction of sp³-hybridized carbons (Fsp3) is 0.538. The molecule has 3 N–H and O–H groups in total. The standard InChI is InChI=1S/C13H20N2S/c1-11-13(10-14,8-5-9-16-11)15-12-6-3-2-4-7-12/h2-4,6-7,11,15H,5,8-10,14H2,1H3. The van der Waals surface area contributed by atoms with Gasteiger partial charge < -0.3 is 11.1 Å². The highest BCUT2D eigenvalue weighted by Crippen LogP contribution is 2.35. The second-order valence-corrected chi connectivity index (χ2v) is 5.92. The Balaban J connectivity index is 2.15.